The van der Waals surface area contributed by atoms with E-state index in [9.17, 15) is 8.42 Å². The number of aromatic nitrogens is 2. The largest absolute Gasteiger partial charge is 0.396 e. The predicted molar refractivity (Wildman–Crippen MR) is 71.5 cm³/mol. The highest BCUT2D eigenvalue weighted by Crippen LogP contribution is 2.21. The van der Waals surface area contributed by atoms with E-state index in [2.05, 4.69) is 25.9 Å². The van der Waals surface area contributed by atoms with Gasteiger partial charge in [0.05, 0.1) is 22.5 Å². The minimum absolute atomic E-state index is 0.0949. The molecule has 94 valence electrons. The number of anilines is 1. The highest BCUT2D eigenvalue weighted by Gasteiger charge is 2.18. The van der Waals surface area contributed by atoms with E-state index in [1.165, 1.54) is 24.7 Å². The van der Waals surface area contributed by atoms with Gasteiger partial charge >= 0.3 is 0 Å². The summed E-state index contributed by atoms with van der Waals surface area (Å²) in [5, 5.41) is 0. The fourth-order valence-electron chi connectivity index (χ4n) is 1.51. The molecule has 2 heterocycles. The van der Waals surface area contributed by atoms with Gasteiger partial charge in [0.25, 0.3) is 0 Å². The third kappa shape index (κ3) is 2.85. The Morgan fingerprint density at radius 3 is 2.67 bits per heavy atom. The summed E-state index contributed by atoms with van der Waals surface area (Å²) in [5.41, 5.74) is 6.37. The molecule has 7 heteroatoms. The topological polar surface area (TPSA) is 85.9 Å². The van der Waals surface area contributed by atoms with Crippen LogP contribution in [0.3, 0.4) is 0 Å². The van der Waals surface area contributed by atoms with Crippen LogP contribution in [0.2, 0.25) is 0 Å². The minimum Gasteiger partial charge on any atom is -0.396 e. The summed E-state index contributed by atoms with van der Waals surface area (Å²) in [6.07, 6.45) is 5.84. The molecular weight excluding hydrogens is 318 g/mol. The molecule has 5 nitrogen and oxygen atoms in total. The molecule has 0 aliphatic rings. The van der Waals surface area contributed by atoms with Crippen LogP contribution in [0.5, 0.6) is 0 Å². The zero-order valence-electron chi connectivity index (χ0n) is 9.25. The van der Waals surface area contributed by atoms with Gasteiger partial charge in [0, 0.05) is 23.1 Å². The van der Waals surface area contributed by atoms with Crippen molar-refractivity contribution in [2.75, 3.05) is 5.73 Å². The Balaban J connectivity index is 2.37. The Morgan fingerprint density at radius 1 is 1.22 bits per heavy atom. The molecule has 0 radical (unpaired) electrons. The van der Waals surface area contributed by atoms with E-state index in [1.807, 2.05) is 0 Å². The normalized spacial score (nSPS) is 11.4. The highest BCUT2D eigenvalue weighted by atomic mass is 79.9. The molecular formula is C11H10BrN3O2S. The van der Waals surface area contributed by atoms with Gasteiger partial charge in [-0.15, -0.1) is 0 Å². The van der Waals surface area contributed by atoms with Gasteiger partial charge in [-0.25, -0.2) is 8.42 Å². The summed E-state index contributed by atoms with van der Waals surface area (Å²) in [5.74, 6) is -0.145. The second kappa shape index (κ2) is 5.03. The molecule has 0 atom stereocenters. The zero-order valence-corrected chi connectivity index (χ0v) is 11.6. The lowest BCUT2D eigenvalue weighted by Gasteiger charge is -2.06. The van der Waals surface area contributed by atoms with Crippen LogP contribution < -0.4 is 5.73 Å². The fraction of sp³-hybridized carbons (Fsp3) is 0.0909. The summed E-state index contributed by atoms with van der Waals surface area (Å²) < 4.78 is 25.1. The Labute approximate surface area is 113 Å². The van der Waals surface area contributed by atoms with Gasteiger partial charge in [-0.05, 0) is 33.6 Å². The van der Waals surface area contributed by atoms with Gasteiger partial charge in [-0.2, -0.15) is 0 Å². The SMILES string of the molecule is Nc1cnccc1S(=O)(=O)Cc1cncc(Br)c1. The Bertz CT molecular complexity index is 673. The number of hydrogen-bond donors (Lipinski definition) is 1. The first-order valence-electron chi connectivity index (χ1n) is 5.01. The first-order chi connectivity index (χ1) is 8.49. The molecule has 0 aliphatic heterocycles. The lowest BCUT2D eigenvalue weighted by Crippen LogP contribution is -2.08. The molecule has 0 saturated carbocycles. The van der Waals surface area contributed by atoms with Crippen LogP contribution in [0.4, 0.5) is 5.69 Å². The average molecular weight is 328 g/mol. The number of sulfone groups is 1. The lowest BCUT2D eigenvalue weighted by molar-refractivity contribution is 0.595. The molecule has 2 rings (SSSR count). The molecule has 18 heavy (non-hydrogen) atoms. The first-order valence-corrected chi connectivity index (χ1v) is 7.45. The highest BCUT2D eigenvalue weighted by molar-refractivity contribution is 9.10. The van der Waals surface area contributed by atoms with Crippen LogP contribution in [0.25, 0.3) is 0 Å². The molecule has 2 aromatic heterocycles. The summed E-state index contributed by atoms with van der Waals surface area (Å²) in [4.78, 5) is 7.79. The van der Waals surface area contributed by atoms with Crippen LogP contribution in [0.1, 0.15) is 5.56 Å². The number of nitrogen functional groups attached to an aromatic ring is 1. The van der Waals surface area contributed by atoms with Crippen molar-refractivity contribution < 1.29 is 8.42 Å². The van der Waals surface area contributed by atoms with Gasteiger partial charge in [0.1, 0.15) is 0 Å². The van der Waals surface area contributed by atoms with Crippen molar-refractivity contribution in [3.05, 3.63) is 47.0 Å². The van der Waals surface area contributed by atoms with E-state index >= 15 is 0 Å². The Kier molecular flexibility index (Phi) is 3.63. The smallest absolute Gasteiger partial charge is 0.184 e. The van der Waals surface area contributed by atoms with Crippen LogP contribution in [0, 0.1) is 0 Å². The molecule has 0 saturated heterocycles. The number of hydrogen-bond acceptors (Lipinski definition) is 5. The Morgan fingerprint density at radius 2 is 2.00 bits per heavy atom. The van der Waals surface area contributed by atoms with Crippen molar-refractivity contribution in [1.82, 2.24) is 9.97 Å². The van der Waals surface area contributed by atoms with E-state index < -0.39 is 9.84 Å². The average Bonchev–Trinajstić information content (AvgIpc) is 2.28. The second-order valence-electron chi connectivity index (χ2n) is 3.68. The van der Waals surface area contributed by atoms with Crippen molar-refractivity contribution in [1.29, 1.82) is 0 Å². The number of nitrogens with zero attached hydrogens (tertiary/aromatic N) is 2. The zero-order chi connectivity index (χ0) is 13.2. The summed E-state index contributed by atoms with van der Waals surface area (Å²) in [6, 6.07) is 3.11. The van der Waals surface area contributed by atoms with E-state index in [-0.39, 0.29) is 16.3 Å². The molecule has 2 aromatic rings. The Hall–Kier alpha value is -1.47. The molecule has 0 amide bonds. The third-order valence-corrected chi connectivity index (χ3v) is 4.45. The molecule has 0 spiro atoms. The monoisotopic (exact) mass is 327 g/mol. The number of halogens is 1. The van der Waals surface area contributed by atoms with Crippen molar-refractivity contribution in [3.63, 3.8) is 0 Å². The molecule has 0 fully saturated rings. The predicted octanol–water partition coefficient (Wildman–Crippen LogP) is 1.80. The molecule has 0 aromatic carbocycles. The van der Waals surface area contributed by atoms with Gasteiger partial charge in [0.2, 0.25) is 0 Å². The maximum Gasteiger partial charge on any atom is 0.184 e. The number of nitrogens with two attached hydrogens (primary N) is 1. The van der Waals surface area contributed by atoms with Crippen LogP contribution in [0.15, 0.2) is 46.3 Å². The summed E-state index contributed by atoms with van der Waals surface area (Å²) in [7, 11) is -3.49. The van der Waals surface area contributed by atoms with E-state index in [1.54, 1.807) is 12.3 Å². The quantitative estimate of drug-likeness (QED) is 0.928. The van der Waals surface area contributed by atoms with Crippen molar-refractivity contribution >= 4 is 31.5 Å². The van der Waals surface area contributed by atoms with Crippen molar-refractivity contribution in [3.8, 4) is 0 Å². The van der Waals surface area contributed by atoms with E-state index in [0.717, 1.165) is 4.47 Å². The molecule has 2 N–H and O–H groups in total. The third-order valence-electron chi connectivity index (χ3n) is 2.26. The maximum atomic E-state index is 12.2. The lowest BCUT2D eigenvalue weighted by atomic mass is 10.3. The number of rotatable bonds is 3. The summed E-state index contributed by atoms with van der Waals surface area (Å²) >= 11 is 3.25. The molecule has 0 bridgehead atoms. The van der Waals surface area contributed by atoms with Crippen molar-refractivity contribution in [2.45, 2.75) is 10.6 Å². The minimum atomic E-state index is -3.49. The molecule has 0 aliphatic carbocycles. The van der Waals surface area contributed by atoms with Gasteiger partial charge < -0.3 is 5.73 Å². The number of pyridine rings is 2. The molecule has 0 unspecified atom stereocenters. The van der Waals surface area contributed by atoms with Crippen molar-refractivity contribution in [2.24, 2.45) is 0 Å². The van der Waals surface area contributed by atoms with Crippen LogP contribution in [-0.4, -0.2) is 18.4 Å². The van der Waals surface area contributed by atoms with Gasteiger partial charge in [-0.1, -0.05) is 0 Å². The second-order valence-corrected chi connectivity index (χ2v) is 6.56. The van der Waals surface area contributed by atoms with Gasteiger partial charge in [0.15, 0.2) is 9.84 Å². The van der Waals surface area contributed by atoms with E-state index in [4.69, 9.17) is 5.73 Å². The maximum absolute atomic E-state index is 12.2. The van der Waals surface area contributed by atoms with E-state index in [0.29, 0.717) is 5.56 Å². The van der Waals surface area contributed by atoms with Crippen LogP contribution in [-0.2, 0) is 15.6 Å². The standard InChI is InChI=1S/C11H10BrN3O2S/c12-9-3-8(4-15-5-9)7-18(16,17)11-1-2-14-6-10(11)13/h1-6H,7,13H2. The van der Waals surface area contributed by atoms with Gasteiger partial charge in [-0.3, -0.25) is 9.97 Å². The summed E-state index contributed by atoms with van der Waals surface area (Å²) in [6.45, 7) is 0. The fourth-order valence-corrected chi connectivity index (χ4v) is 3.35. The first kappa shape index (κ1) is 13.0. The van der Waals surface area contributed by atoms with Crippen LogP contribution >= 0.6 is 15.9 Å².